The summed E-state index contributed by atoms with van der Waals surface area (Å²) >= 11 is 0. The fourth-order valence-corrected chi connectivity index (χ4v) is 3.40. The van der Waals surface area contributed by atoms with Gasteiger partial charge in [-0.05, 0) is 54.7 Å². The predicted octanol–water partition coefficient (Wildman–Crippen LogP) is 5.23. The molecule has 0 heterocycles. The van der Waals surface area contributed by atoms with E-state index in [9.17, 15) is 9.18 Å². The van der Waals surface area contributed by atoms with Gasteiger partial charge in [0.1, 0.15) is 12.4 Å². The van der Waals surface area contributed by atoms with Crippen LogP contribution in [0.15, 0.2) is 42.5 Å². The average Bonchev–Trinajstić information content (AvgIpc) is 2.93. The van der Waals surface area contributed by atoms with E-state index in [-0.39, 0.29) is 11.3 Å². The molecule has 1 N–H and O–H groups in total. The number of aliphatic hydroxyl groups is 1. The topological polar surface area (TPSA) is 46.5 Å². The van der Waals surface area contributed by atoms with Gasteiger partial charge in [0.2, 0.25) is 0 Å². The Balaban J connectivity index is 1.70. The highest BCUT2D eigenvalue weighted by molar-refractivity contribution is 5.97. The molecule has 132 valence electrons. The first-order valence-corrected chi connectivity index (χ1v) is 8.89. The molecule has 2 aromatic rings. The van der Waals surface area contributed by atoms with Crippen LogP contribution in [0, 0.1) is 5.82 Å². The monoisotopic (exact) mass is 342 g/mol. The van der Waals surface area contributed by atoms with Gasteiger partial charge in [-0.3, -0.25) is 4.79 Å². The molecular weight excluding hydrogens is 319 g/mol. The smallest absolute Gasteiger partial charge is 0.188 e. The number of halogens is 1. The Morgan fingerprint density at radius 2 is 1.72 bits per heavy atom. The minimum atomic E-state index is -0.637. The number of rotatable bonds is 5. The molecule has 0 spiro atoms. The predicted molar refractivity (Wildman–Crippen MR) is 94.8 cm³/mol. The average molecular weight is 342 g/mol. The Labute approximate surface area is 147 Å². The molecule has 0 amide bonds. The summed E-state index contributed by atoms with van der Waals surface area (Å²) in [5, 5.41) is 8.83. The number of Topliss-reactive ketones (excluding diaryl/α,β-unsaturated/α-hetero) is 1. The third-order valence-corrected chi connectivity index (χ3v) is 4.83. The molecule has 4 heteroatoms. The number of ketones is 1. The number of carbonyl (C=O) groups is 1. The summed E-state index contributed by atoms with van der Waals surface area (Å²) in [5.74, 6) is 0.108. The van der Waals surface area contributed by atoms with Gasteiger partial charge in [-0.2, -0.15) is 0 Å². The number of ether oxygens (including phenoxy) is 1. The minimum absolute atomic E-state index is 0.0664. The van der Waals surface area contributed by atoms with Crippen molar-refractivity contribution in [1.29, 1.82) is 0 Å². The molecule has 0 aromatic heterocycles. The standard InChI is InChI=1S/C21H23FO3/c22-19-13-17(20(24)14-23)9-12-21(19)25-18-10-7-16(8-11-18)15-5-3-1-2-4-6-15/h7-13,15,23H,1-6,14H2. The number of benzene rings is 2. The summed E-state index contributed by atoms with van der Waals surface area (Å²) < 4.78 is 19.7. The Morgan fingerprint density at radius 1 is 1.04 bits per heavy atom. The first kappa shape index (κ1) is 17.6. The molecule has 0 bridgehead atoms. The lowest BCUT2D eigenvalue weighted by atomic mass is 9.92. The van der Waals surface area contributed by atoms with Gasteiger partial charge < -0.3 is 9.84 Å². The van der Waals surface area contributed by atoms with E-state index in [0.29, 0.717) is 11.7 Å². The summed E-state index contributed by atoms with van der Waals surface area (Å²) in [6, 6.07) is 11.8. The molecule has 1 aliphatic carbocycles. The third kappa shape index (κ3) is 4.45. The maximum absolute atomic E-state index is 14.1. The minimum Gasteiger partial charge on any atom is -0.454 e. The van der Waals surface area contributed by atoms with Gasteiger partial charge in [0, 0.05) is 5.56 Å². The van der Waals surface area contributed by atoms with E-state index in [1.54, 1.807) is 0 Å². The summed E-state index contributed by atoms with van der Waals surface area (Å²) in [7, 11) is 0. The van der Waals surface area contributed by atoms with Crippen molar-refractivity contribution in [2.24, 2.45) is 0 Å². The SMILES string of the molecule is O=C(CO)c1ccc(Oc2ccc(C3CCCCCC3)cc2)c(F)c1. The maximum Gasteiger partial charge on any atom is 0.188 e. The van der Waals surface area contributed by atoms with Crippen molar-refractivity contribution in [2.45, 2.75) is 44.4 Å². The van der Waals surface area contributed by atoms with Crippen LogP contribution < -0.4 is 4.74 Å². The number of hydrogen-bond donors (Lipinski definition) is 1. The Bertz CT molecular complexity index is 716. The van der Waals surface area contributed by atoms with E-state index in [4.69, 9.17) is 9.84 Å². The zero-order chi connectivity index (χ0) is 17.6. The summed E-state index contributed by atoms with van der Waals surface area (Å²) in [6.45, 7) is -0.637. The molecule has 0 aliphatic heterocycles. The molecule has 2 aromatic carbocycles. The second-order valence-electron chi connectivity index (χ2n) is 6.59. The van der Waals surface area contributed by atoms with Crippen LogP contribution in [-0.2, 0) is 0 Å². The van der Waals surface area contributed by atoms with Crippen LogP contribution in [0.2, 0.25) is 0 Å². The highest BCUT2D eigenvalue weighted by Gasteiger charge is 2.15. The number of aliphatic hydroxyl groups excluding tert-OH is 1. The van der Waals surface area contributed by atoms with E-state index in [0.717, 1.165) is 6.07 Å². The summed E-state index contributed by atoms with van der Waals surface area (Å²) in [4.78, 5) is 11.4. The normalized spacial score (nSPS) is 15.6. The van der Waals surface area contributed by atoms with Crippen molar-refractivity contribution in [3.05, 3.63) is 59.4 Å². The van der Waals surface area contributed by atoms with Crippen LogP contribution in [-0.4, -0.2) is 17.5 Å². The fraction of sp³-hybridized carbons (Fsp3) is 0.381. The van der Waals surface area contributed by atoms with Gasteiger partial charge in [0.15, 0.2) is 17.3 Å². The van der Waals surface area contributed by atoms with Crippen LogP contribution in [0.5, 0.6) is 11.5 Å². The van der Waals surface area contributed by atoms with E-state index in [2.05, 4.69) is 12.1 Å². The summed E-state index contributed by atoms with van der Waals surface area (Å²) in [5.41, 5.74) is 1.45. The molecule has 3 rings (SSSR count). The quantitative estimate of drug-likeness (QED) is 0.598. The largest absolute Gasteiger partial charge is 0.454 e. The molecule has 25 heavy (non-hydrogen) atoms. The van der Waals surface area contributed by atoms with Crippen molar-refractivity contribution >= 4 is 5.78 Å². The van der Waals surface area contributed by atoms with Crippen molar-refractivity contribution in [3.8, 4) is 11.5 Å². The lowest BCUT2D eigenvalue weighted by Crippen LogP contribution is -2.04. The second-order valence-corrected chi connectivity index (χ2v) is 6.59. The Hall–Kier alpha value is -2.20. The van der Waals surface area contributed by atoms with Gasteiger partial charge in [-0.25, -0.2) is 4.39 Å². The molecule has 3 nitrogen and oxygen atoms in total. The molecule has 0 unspecified atom stereocenters. The Morgan fingerprint density at radius 3 is 2.32 bits per heavy atom. The van der Waals surface area contributed by atoms with Crippen LogP contribution in [0.1, 0.15) is 60.4 Å². The molecule has 1 saturated carbocycles. The first-order valence-electron chi connectivity index (χ1n) is 8.89. The van der Waals surface area contributed by atoms with Crippen molar-refractivity contribution in [2.75, 3.05) is 6.61 Å². The lowest BCUT2D eigenvalue weighted by Gasteiger charge is -2.15. The van der Waals surface area contributed by atoms with Gasteiger partial charge >= 0.3 is 0 Å². The zero-order valence-electron chi connectivity index (χ0n) is 14.2. The highest BCUT2D eigenvalue weighted by atomic mass is 19.1. The van der Waals surface area contributed by atoms with E-state index in [1.165, 1.54) is 56.2 Å². The molecule has 0 atom stereocenters. The van der Waals surface area contributed by atoms with Crippen LogP contribution in [0.3, 0.4) is 0 Å². The number of hydrogen-bond acceptors (Lipinski definition) is 3. The third-order valence-electron chi connectivity index (χ3n) is 4.83. The molecule has 1 aliphatic rings. The maximum atomic E-state index is 14.1. The van der Waals surface area contributed by atoms with Gasteiger partial charge in [-0.1, -0.05) is 37.8 Å². The molecular formula is C21H23FO3. The molecule has 1 fully saturated rings. The first-order chi connectivity index (χ1) is 12.2. The highest BCUT2D eigenvalue weighted by Crippen LogP contribution is 2.33. The van der Waals surface area contributed by atoms with Crippen LogP contribution >= 0.6 is 0 Å². The van der Waals surface area contributed by atoms with Crippen LogP contribution in [0.25, 0.3) is 0 Å². The fourth-order valence-electron chi connectivity index (χ4n) is 3.40. The van der Waals surface area contributed by atoms with E-state index in [1.807, 2.05) is 12.1 Å². The van der Waals surface area contributed by atoms with Crippen LogP contribution in [0.4, 0.5) is 4.39 Å². The molecule has 0 saturated heterocycles. The lowest BCUT2D eigenvalue weighted by molar-refractivity contribution is 0.0903. The Kier molecular flexibility index (Phi) is 5.82. The number of carbonyl (C=O) groups excluding carboxylic acids is 1. The van der Waals surface area contributed by atoms with Gasteiger partial charge in [0.25, 0.3) is 0 Å². The van der Waals surface area contributed by atoms with E-state index < -0.39 is 18.2 Å². The van der Waals surface area contributed by atoms with Crippen molar-refractivity contribution in [3.63, 3.8) is 0 Å². The summed E-state index contributed by atoms with van der Waals surface area (Å²) in [6.07, 6.45) is 7.68. The molecule has 0 radical (unpaired) electrons. The van der Waals surface area contributed by atoms with E-state index >= 15 is 0 Å². The zero-order valence-corrected chi connectivity index (χ0v) is 14.2. The van der Waals surface area contributed by atoms with Crippen molar-refractivity contribution < 1.29 is 19.0 Å². The van der Waals surface area contributed by atoms with Crippen molar-refractivity contribution in [1.82, 2.24) is 0 Å². The van der Waals surface area contributed by atoms with Gasteiger partial charge in [0.05, 0.1) is 0 Å². The van der Waals surface area contributed by atoms with Gasteiger partial charge in [-0.15, -0.1) is 0 Å². The second kappa shape index (κ2) is 8.26.